The monoisotopic (exact) mass is 444 g/mol. The molecule has 0 amide bonds. The normalized spacial score (nSPS) is 26.4. The molecule has 0 aromatic carbocycles. The van der Waals surface area contributed by atoms with Crippen molar-refractivity contribution < 1.29 is 18.6 Å². The summed E-state index contributed by atoms with van der Waals surface area (Å²) >= 11 is -2.55. The molecule has 0 unspecified atom stereocenters. The first-order valence-corrected chi connectivity index (χ1v) is 12.5. The molecule has 2 heterocycles. The summed E-state index contributed by atoms with van der Waals surface area (Å²) in [6.45, 7) is 11.6. The summed E-state index contributed by atoms with van der Waals surface area (Å²) in [5.74, 6) is 0.818. The van der Waals surface area contributed by atoms with Gasteiger partial charge in [0.05, 0.1) is 30.7 Å². The van der Waals surface area contributed by atoms with Crippen molar-refractivity contribution in [1.29, 1.82) is 0 Å². The molecule has 0 aliphatic carbocycles. The van der Waals surface area contributed by atoms with Crippen molar-refractivity contribution in [1.82, 2.24) is 4.72 Å². The van der Waals surface area contributed by atoms with Crippen LogP contribution in [0.1, 0.15) is 73.6 Å². The average molecular weight is 445 g/mol. The van der Waals surface area contributed by atoms with Gasteiger partial charge in [0.25, 0.3) is 0 Å². The van der Waals surface area contributed by atoms with Crippen molar-refractivity contribution in [3.8, 4) is 0 Å². The summed E-state index contributed by atoms with van der Waals surface area (Å²) in [5, 5.41) is 0. The molecule has 0 bridgehead atoms. The van der Waals surface area contributed by atoms with Crippen LogP contribution in [-0.4, -0.2) is 43.1 Å². The van der Waals surface area contributed by atoms with E-state index in [4.69, 9.17) is 9.47 Å². The molecule has 2 rings (SSSR count). The van der Waals surface area contributed by atoms with Gasteiger partial charge in [-0.05, 0) is 79.4 Å². The van der Waals surface area contributed by atoms with Crippen molar-refractivity contribution in [3.63, 3.8) is 0 Å². The molecular weight excluding hydrogens is 408 g/mol. The van der Waals surface area contributed by atoms with E-state index in [0.29, 0.717) is 6.42 Å². The zero-order valence-corrected chi connectivity index (χ0v) is 20.1. The molecule has 0 saturated heterocycles. The molecule has 166 valence electrons. The number of rotatable bonds is 8. The van der Waals surface area contributed by atoms with Gasteiger partial charge in [-0.2, -0.15) is 0 Å². The highest BCUT2D eigenvalue weighted by molar-refractivity contribution is 7.91. The molecule has 5 atom stereocenters. The molecule has 0 aromatic heterocycles. The second-order valence-corrected chi connectivity index (χ2v) is 13.1. The van der Waals surface area contributed by atoms with Gasteiger partial charge >= 0.3 is 0 Å². The molecule has 29 heavy (non-hydrogen) atoms. The predicted octanol–water partition coefficient (Wildman–Crippen LogP) is 4.09. The maximum absolute atomic E-state index is 13.0. The van der Waals surface area contributed by atoms with Crippen molar-refractivity contribution in [2.24, 2.45) is 4.40 Å². The number of ether oxygens (including phenoxy) is 2. The number of hydrogen-bond donors (Lipinski definition) is 1. The SMILES string of the molecule is C[C@H](N[S@@+]([O-])C(C)(C)CC1=CCC[C@@H](/C=N/[S@@+]([O-])C(C)(C)C)O1)[C@@H]1CCC=CO1. The van der Waals surface area contributed by atoms with Gasteiger partial charge in [-0.15, -0.1) is 4.72 Å². The maximum Gasteiger partial charge on any atom is 0.146 e. The molecule has 1 N–H and O–H groups in total. The molecular formula is C21H36N2O4S2. The topological polar surface area (TPSA) is 89.0 Å². The fourth-order valence-corrected chi connectivity index (χ4v) is 4.66. The minimum atomic E-state index is -1.29. The lowest BCUT2D eigenvalue weighted by Crippen LogP contribution is -2.50. The van der Waals surface area contributed by atoms with Crippen LogP contribution in [0.5, 0.6) is 0 Å². The Morgan fingerprint density at radius 3 is 2.59 bits per heavy atom. The van der Waals surface area contributed by atoms with Gasteiger partial charge in [-0.1, -0.05) is 4.40 Å². The number of allylic oxidation sites excluding steroid dienone is 3. The van der Waals surface area contributed by atoms with Crippen LogP contribution in [0.4, 0.5) is 0 Å². The summed E-state index contributed by atoms with van der Waals surface area (Å²) in [7, 11) is 0. The second-order valence-electron chi connectivity index (χ2n) is 9.26. The van der Waals surface area contributed by atoms with E-state index in [0.717, 1.165) is 31.4 Å². The quantitative estimate of drug-likeness (QED) is 0.450. The summed E-state index contributed by atoms with van der Waals surface area (Å²) < 4.78 is 43.3. The van der Waals surface area contributed by atoms with Crippen LogP contribution in [0.3, 0.4) is 0 Å². The lowest BCUT2D eigenvalue weighted by atomic mass is 10.0. The van der Waals surface area contributed by atoms with E-state index < -0.39 is 27.5 Å². The number of nitrogens with one attached hydrogen (secondary N) is 1. The van der Waals surface area contributed by atoms with E-state index in [1.54, 1.807) is 12.5 Å². The number of nitrogens with zero attached hydrogens (tertiary/aromatic N) is 1. The van der Waals surface area contributed by atoms with Gasteiger partial charge in [-0.25, -0.2) is 0 Å². The Labute approximate surface area is 182 Å². The van der Waals surface area contributed by atoms with E-state index in [1.807, 2.05) is 47.6 Å². The van der Waals surface area contributed by atoms with E-state index in [9.17, 15) is 9.11 Å². The van der Waals surface area contributed by atoms with Crippen LogP contribution in [0.2, 0.25) is 0 Å². The fraction of sp³-hybridized carbons (Fsp3) is 0.762. The fourth-order valence-electron chi connectivity index (χ4n) is 3.02. The minimum absolute atomic E-state index is 0.00595. The Morgan fingerprint density at radius 2 is 1.97 bits per heavy atom. The predicted molar refractivity (Wildman–Crippen MR) is 121 cm³/mol. The first kappa shape index (κ1) is 24.6. The first-order valence-electron chi connectivity index (χ1n) is 10.3. The molecule has 6 nitrogen and oxygen atoms in total. The Balaban J connectivity index is 1.88. The molecule has 0 aromatic rings. The Kier molecular flexibility index (Phi) is 8.97. The third kappa shape index (κ3) is 7.83. The van der Waals surface area contributed by atoms with Gasteiger partial charge in [-0.3, -0.25) is 0 Å². The summed E-state index contributed by atoms with van der Waals surface area (Å²) in [6.07, 6.45) is 11.4. The van der Waals surface area contributed by atoms with Crippen molar-refractivity contribution in [2.75, 3.05) is 0 Å². The van der Waals surface area contributed by atoms with Gasteiger partial charge in [0.2, 0.25) is 0 Å². The van der Waals surface area contributed by atoms with Crippen LogP contribution >= 0.6 is 0 Å². The Bertz CT molecular complexity index is 616. The number of hydrogen-bond acceptors (Lipinski definition) is 6. The van der Waals surface area contributed by atoms with Crippen LogP contribution in [0, 0.1) is 0 Å². The molecule has 2 aliphatic heterocycles. The van der Waals surface area contributed by atoms with Gasteiger partial charge < -0.3 is 18.6 Å². The molecule has 0 saturated carbocycles. The van der Waals surface area contributed by atoms with Crippen LogP contribution in [0.15, 0.2) is 28.6 Å². The zero-order valence-electron chi connectivity index (χ0n) is 18.5. The third-order valence-electron chi connectivity index (χ3n) is 4.89. The molecule has 2 aliphatic rings. The minimum Gasteiger partial charge on any atom is -0.598 e. The largest absolute Gasteiger partial charge is 0.598 e. The zero-order chi connectivity index (χ0) is 21.7. The maximum atomic E-state index is 13.0. The third-order valence-corrected chi connectivity index (χ3v) is 7.99. The lowest BCUT2D eigenvalue weighted by Gasteiger charge is -2.34. The molecule has 0 radical (unpaired) electrons. The highest BCUT2D eigenvalue weighted by atomic mass is 32.2. The summed E-state index contributed by atoms with van der Waals surface area (Å²) in [5.41, 5.74) is 0. The van der Waals surface area contributed by atoms with Crippen LogP contribution in [-0.2, 0) is 32.2 Å². The Morgan fingerprint density at radius 1 is 1.24 bits per heavy atom. The van der Waals surface area contributed by atoms with Crippen molar-refractivity contribution in [2.45, 2.75) is 101 Å². The van der Waals surface area contributed by atoms with Gasteiger partial charge in [0, 0.05) is 11.4 Å². The average Bonchev–Trinajstić information content (AvgIpc) is 2.65. The molecule has 0 fully saturated rings. The van der Waals surface area contributed by atoms with Crippen LogP contribution < -0.4 is 4.72 Å². The van der Waals surface area contributed by atoms with E-state index in [2.05, 4.69) is 15.2 Å². The summed E-state index contributed by atoms with van der Waals surface area (Å²) in [4.78, 5) is 0. The van der Waals surface area contributed by atoms with E-state index >= 15 is 0 Å². The molecule has 8 heteroatoms. The van der Waals surface area contributed by atoms with Crippen LogP contribution in [0.25, 0.3) is 0 Å². The highest BCUT2D eigenvalue weighted by Crippen LogP contribution is 2.30. The van der Waals surface area contributed by atoms with Crippen molar-refractivity contribution >= 4 is 28.9 Å². The Hall–Kier alpha value is -0.670. The summed E-state index contributed by atoms with van der Waals surface area (Å²) in [6, 6.07) is -0.00595. The second kappa shape index (κ2) is 10.6. The van der Waals surface area contributed by atoms with E-state index in [-0.39, 0.29) is 23.0 Å². The molecule has 0 spiro atoms. The standard InChI is InChI=1S/C21H36N2O4S2/c1-16(19-12-7-8-13-26-19)23-29(25)21(5,6)14-17-10-9-11-18(27-17)15-22-28(24)20(2,3)4/h8,10,13,15-16,18-19,23H,7,9,11-12,14H2,1-6H3/b22-15+/t16-,18-,19-,28-,29-/m0/s1. The van der Waals surface area contributed by atoms with Gasteiger partial charge in [0.1, 0.15) is 33.1 Å². The van der Waals surface area contributed by atoms with Gasteiger partial charge in [0.15, 0.2) is 0 Å². The smallest absolute Gasteiger partial charge is 0.146 e. The van der Waals surface area contributed by atoms with Crippen molar-refractivity contribution in [3.05, 3.63) is 24.2 Å². The van der Waals surface area contributed by atoms with E-state index in [1.165, 1.54) is 0 Å². The highest BCUT2D eigenvalue weighted by Gasteiger charge is 2.38. The first-order chi connectivity index (χ1) is 13.5. The lowest BCUT2D eigenvalue weighted by molar-refractivity contribution is 0.0989.